The number of allylic oxidation sites excluding steroid dienone is 3. The molecule has 0 amide bonds. The van der Waals surface area contributed by atoms with Gasteiger partial charge in [0.05, 0.1) is 25.7 Å². The Morgan fingerprint density at radius 1 is 0.938 bits per heavy atom. The Morgan fingerprint density at radius 3 is 2.58 bits per heavy atom. The normalized spacial score (nSPS) is 21.7. The van der Waals surface area contributed by atoms with Crippen molar-refractivity contribution in [3.8, 4) is 34.5 Å². The van der Waals surface area contributed by atoms with Crippen molar-refractivity contribution in [2.45, 2.75) is 77.2 Å². The van der Waals surface area contributed by atoms with Gasteiger partial charge >= 0.3 is 0 Å². The number of hydrogen-bond acceptors (Lipinski definition) is 10. The molecule has 2 aliphatic carbocycles. The van der Waals surface area contributed by atoms with Gasteiger partial charge in [-0.15, -0.1) is 0 Å². The number of carbonyl (C=O) groups is 1. The molecule has 0 bridgehead atoms. The van der Waals surface area contributed by atoms with Crippen molar-refractivity contribution < 1.29 is 39.8 Å². The molecule has 1 fully saturated rings. The zero-order valence-electron chi connectivity index (χ0n) is 36.7. The van der Waals surface area contributed by atoms with Crippen molar-refractivity contribution in [2.75, 3.05) is 25.6 Å². The molecule has 0 radical (unpaired) electrons. The lowest BCUT2D eigenvalue weighted by Gasteiger charge is -2.46. The van der Waals surface area contributed by atoms with E-state index < -0.39 is 17.4 Å². The third-order valence-electron chi connectivity index (χ3n) is 13.7. The predicted octanol–water partition coefficient (Wildman–Crippen LogP) is 9.60. The standard InChI is InChI=1S/C53H61N3O8/c1-33-6-3-7-36(24-33)32-64-49-27-35(25-47(61)52(49)62)12-19-46(60)51(45(59)18-11-34-10-17-44(58)48(26-34)63-2)53(21-4-8-39(53)30-41-9-5-22-54-41)40-20-23-55-50(31-40)56-42-15-13-38-29-43(57)16-14-37(38)28-42/h3,5,7,9-10,13-17,20,22,25-29,31,33,36,39,45,51,54-59,61-62H,4,6,8,11-12,18-19,21,23-24,30,32H2,1-2H3/t33-,36-,39-,45-,51-,53+/m1/s1. The van der Waals surface area contributed by atoms with Gasteiger partial charge in [-0.2, -0.15) is 0 Å². The summed E-state index contributed by atoms with van der Waals surface area (Å²) in [7, 11) is 1.50. The highest BCUT2D eigenvalue weighted by atomic mass is 16.5. The molecule has 1 aliphatic heterocycles. The molecule has 3 aliphatic rings. The van der Waals surface area contributed by atoms with Gasteiger partial charge < -0.3 is 50.6 Å². The minimum absolute atomic E-state index is 0.00740. The highest BCUT2D eigenvalue weighted by molar-refractivity contribution is 5.87. The lowest BCUT2D eigenvalue weighted by atomic mass is 9.58. The number of ether oxygens (including phenoxy) is 2. The van der Waals surface area contributed by atoms with Gasteiger partial charge in [0, 0.05) is 41.9 Å². The number of phenolic OH excluding ortho intramolecular Hbond substituents is 4. The zero-order chi connectivity index (χ0) is 44.8. The number of aromatic nitrogens is 1. The fraction of sp³-hybridized carbons (Fsp3) is 0.377. The van der Waals surface area contributed by atoms with E-state index in [1.54, 1.807) is 30.3 Å². The number of aromatic hydroxyl groups is 4. The molecule has 5 aromatic rings. The van der Waals surface area contributed by atoms with E-state index in [4.69, 9.17) is 9.47 Å². The Morgan fingerprint density at radius 2 is 1.77 bits per heavy atom. The quantitative estimate of drug-likeness (QED) is 0.0313. The van der Waals surface area contributed by atoms with Crippen molar-refractivity contribution >= 4 is 22.2 Å². The molecular formula is C53H61N3O8. The van der Waals surface area contributed by atoms with Crippen LogP contribution >= 0.6 is 0 Å². The first kappa shape index (κ1) is 44.3. The Hall–Kier alpha value is -6.33. The maximum absolute atomic E-state index is 15.3. The van der Waals surface area contributed by atoms with Gasteiger partial charge in [-0.25, -0.2) is 0 Å². The number of aliphatic hydroxyl groups excluding tert-OH is 1. The number of aromatic amines is 1. The number of hydrogen-bond donors (Lipinski definition) is 8. The number of H-pyrrole nitrogens is 1. The second kappa shape index (κ2) is 19.6. The first-order valence-electron chi connectivity index (χ1n) is 22.7. The maximum Gasteiger partial charge on any atom is 0.200 e. The van der Waals surface area contributed by atoms with E-state index in [1.807, 2.05) is 42.6 Å². The third-order valence-corrected chi connectivity index (χ3v) is 13.7. The number of Topliss-reactive ketones (excluding diaryl/α,β-unsaturated/α-hetero) is 1. The van der Waals surface area contributed by atoms with Gasteiger partial charge in [-0.1, -0.05) is 49.8 Å². The molecule has 1 aromatic heterocycles. The smallest absolute Gasteiger partial charge is 0.200 e. The summed E-state index contributed by atoms with van der Waals surface area (Å²) in [4.78, 5) is 18.8. The van der Waals surface area contributed by atoms with Gasteiger partial charge in [0.1, 0.15) is 17.4 Å². The van der Waals surface area contributed by atoms with Crippen molar-refractivity contribution in [1.29, 1.82) is 0 Å². The van der Waals surface area contributed by atoms with Gasteiger partial charge in [0.15, 0.2) is 23.0 Å². The molecule has 6 atom stereocenters. The first-order chi connectivity index (χ1) is 31.0. The topological polar surface area (TPSA) is 177 Å². The van der Waals surface area contributed by atoms with E-state index in [9.17, 15) is 25.5 Å². The maximum atomic E-state index is 15.3. The van der Waals surface area contributed by atoms with Crippen LogP contribution in [-0.4, -0.2) is 62.7 Å². The molecule has 11 heteroatoms. The van der Waals surface area contributed by atoms with E-state index >= 15 is 4.79 Å². The van der Waals surface area contributed by atoms with E-state index in [1.165, 1.54) is 13.2 Å². The monoisotopic (exact) mass is 867 g/mol. The summed E-state index contributed by atoms with van der Waals surface area (Å²) < 4.78 is 11.5. The average molecular weight is 868 g/mol. The number of fused-ring (bicyclic) bond motifs is 1. The minimum atomic E-state index is -1.04. The number of ketones is 1. The molecule has 8 N–H and O–H groups in total. The third kappa shape index (κ3) is 9.90. The SMILES string of the molecule is COc1cc(CC[C@@H](O)[C@H](C(=O)CCc2cc(O)c(O)c(OC[C@@H]3C=CC[C@@H](C)C3)c2)[C@@]2(C3=CCNC(Nc4ccc5cc(O)ccc5c4)=C3)CCC[C@@H]2Cc2ccc[nH]2)ccc1O. The number of anilines is 1. The second-order valence-electron chi connectivity index (χ2n) is 18.1. The number of carbonyl (C=O) groups excluding carboxylic acids is 1. The minimum Gasteiger partial charge on any atom is -0.508 e. The van der Waals surface area contributed by atoms with Crippen molar-refractivity contribution in [1.82, 2.24) is 10.3 Å². The molecule has 11 nitrogen and oxygen atoms in total. The van der Waals surface area contributed by atoms with E-state index in [0.717, 1.165) is 64.8 Å². The fourth-order valence-electron chi connectivity index (χ4n) is 10.6. The van der Waals surface area contributed by atoms with Crippen LogP contribution in [0.15, 0.2) is 121 Å². The number of rotatable bonds is 18. The number of nitrogens with one attached hydrogen (secondary N) is 3. The summed E-state index contributed by atoms with van der Waals surface area (Å²) in [5, 5.41) is 63.7. The summed E-state index contributed by atoms with van der Waals surface area (Å²) in [6, 6.07) is 23.7. The molecule has 4 aromatic carbocycles. The van der Waals surface area contributed by atoms with Crippen LogP contribution in [-0.2, 0) is 24.1 Å². The van der Waals surface area contributed by atoms with Gasteiger partial charge in [-0.05, 0) is 157 Å². The van der Waals surface area contributed by atoms with Gasteiger partial charge in [0.25, 0.3) is 0 Å². The molecule has 0 spiro atoms. The molecular weight excluding hydrogens is 807 g/mol. The summed E-state index contributed by atoms with van der Waals surface area (Å²) in [5.74, 6) is 0.783. The van der Waals surface area contributed by atoms with Crippen LogP contribution in [0.2, 0.25) is 0 Å². The van der Waals surface area contributed by atoms with Crippen LogP contribution in [0.3, 0.4) is 0 Å². The summed E-state index contributed by atoms with van der Waals surface area (Å²) in [5.41, 5.74) is 3.70. The van der Waals surface area contributed by atoms with Crippen LogP contribution in [0, 0.1) is 29.1 Å². The molecule has 2 heterocycles. The van der Waals surface area contributed by atoms with E-state index in [0.29, 0.717) is 56.1 Å². The number of benzene rings is 4. The second-order valence-corrected chi connectivity index (χ2v) is 18.1. The molecule has 0 saturated heterocycles. The van der Waals surface area contributed by atoms with Crippen molar-refractivity contribution in [3.05, 3.63) is 138 Å². The largest absolute Gasteiger partial charge is 0.508 e. The number of phenols is 4. The average Bonchev–Trinajstić information content (AvgIpc) is 3.97. The van der Waals surface area contributed by atoms with E-state index in [-0.39, 0.29) is 59.2 Å². The number of aryl methyl sites for hydroxylation is 2. The van der Waals surface area contributed by atoms with Crippen LogP contribution in [0.4, 0.5) is 5.69 Å². The van der Waals surface area contributed by atoms with Gasteiger partial charge in [-0.3, -0.25) is 4.79 Å². The highest BCUT2D eigenvalue weighted by Crippen LogP contribution is 2.57. The Kier molecular flexibility index (Phi) is 13.6. The summed E-state index contributed by atoms with van der Waals surface area (Å²) >= 11 is 0. The van der Waals surface area contributed by atoms with Crippen molar-refractivity contribution in [3.63, 3.8) is 0 Å². The lowest BCUT2D eigenvalue weighted by molar-refractivity contribution is -0.133. The van der Waals surface area contributed by atoms with Crippen LogP contribution in [0.5, 0.6) is 34.5 Å². The fourth-order valence-corrected chi connectivity index (χ4v) is 10.6. The highest BCUT2D eigenvalue weighted by Gasteiger charge is 2.55. The van der Waals surface area contributed by atoms with Crippen LogP contribution < -0.4 is 20.1 Å². The number of methoxy groups -OCH3 is 1. The Balaban J connectivity index is 1.13. The lowest BCUT2D eigenvalue weighted by Crippen LogP contribution is -2.48. The van der Waals surface area contributed by atoms with Gasteiger partial charge in [0.2, 0.25) is 5.75 Å². The number of dihydropyridines is 1. The summed E-state index contributed by atoms with van der Waals surface area (Å²) in [6.45, 7) is 3.09. The van der Waals surface area contributed by atoms with Crippen LogP contribution in [0.1, 0.15) is 68.7 Å². The van der Waals surface area contributed by atoms with Crippen molar-refractivity contribution in [2.24, 2.45) is 29.1 Å². The molecule has 0 unspecified atom stereocenters. The number of aliphatic hydroxyl groups is 1. The Bertz CT molecular complexity index is 2530. The van der Waals surface area contributed by atoms with E-state index in [2.05, 4.69) is 52.9 Å². The zero-order valence-corrected chi connectivity index (χ0v) is 36.7. The Labute approximate surface area is 375 Å². The molecule has 1 saturated carbocycles. The molecule has 8 rings (SSSR count). The summed E-state index contributed by atoms with van der Waals surface area (Å²) in [6.07, 6.45) is 15.7. The molecule has 336 valence electrons. The molecule has 64 heavy (non-hydrogen) atoms. The first-order valence-corrected chi connectivity index (χ1v) is 22.7. The predicted molar refractivity (Wildman–Crippen MR) is 250 cm³/mol. The van der Waals surface area contributed by atoms with Crippen LogP contribution in [0.25, 0.3) is 10.8 Å².